The molecule has 3 aromatic carbocycles. The SMILES string of the molecule is Cc1ccc(C(=O)Nc2ccc(C(=O)NCCNC(=O)c3cc(Cl)ccc3Cl)cc2)cc1. The molecular formula is C24H21Cl2N3O3. The summed E-state index contributed by atoms with van der Waals surface area (Å²) in [6.07, 6.45) is 0. The van der Waals surface area contributed by atoms with Gasteiger partial charge in [0.25, 0.3) is 17.7 Å². The Morgan fingerprint density at radius 3 is 1.94 bits per heavy atom. The van der Waals surface area contributed by atoms with Crippen LogP contribution >= 0.6 is 23.2 Å². The van der Waals surface area contributed by atoms with E-state index in [1.165, 1.54) is 6.07 Å². The highest BCUT2D eigenvalue weighted by Crippen LogP contribution is 2.20. The molecule has 32 heavy (non-hydrogen) atoms. The van der Waals surface area contributed by atoms with E-state index < -0.39 is 0 Å². The monoisotopic (exact) mass is 469 g/mol. The maximum Gasteiger partial charge on any atom is 0.255 e. The molecule has 3 N–H and O–H groups in total. The number of benzene rings is 3. The van der Waals surface area contributed by atoms with Crippen LogP contribution in [0.5, 0.6) is 0 Å². The van der Waals surface area contributed by atoms with Crippen molar-refractivity contribution in [2.24, 2.45) is 0 Å². The summed E-state index contributed by atoms with van der Waals surface area (Å²) in [7, 11) is 0. The molecular weight excluding hydrogens is 449 g/mol. The smallest absolute Gasteiger partial charge is 0.255 e. The molecule has 0 atom stereocenters. The Bertz CT molecular complexity index is 1130. The number of nitrogens with one attached hydrogen (secondary N) is 3. The number of aryl methyl sites for hydroxylation is 1. The van der Waals surface area contributed by atoms with E-state index >= 15 is 0 Å². The van der Waals surface area contributed by atoms with Crippen LogP contribution in [0.2, 0.25) is 10.0 Å². The first kappa shape index (κ1) is 23.3. The molecule has 6 nitrogen and oxygen atoms in total. The van der Waals surface area contributed by atoms with Crippen molar-refractivity contribution in [2.75, 3.05) is 18.4 Å². The summed E-state index contributed by atoms with van der Waals surface area (Å²) in [6.45, 7) is 2.40. The van der Waals surface area contributed by atoms with E-state index in [9.17, 15) is 14.4 Å². The van der Waals surface area contributed by atoms with Gasteiger partial charge in [-0.2, -0.15) is 0 Å². The van der Waals surface area contributed by atoms with Gasteiger partial charge in [-0.25, -0.2) is 0 Å². The zero-order chi connectivity index (χ0) is 23.1. The van der Waals surface area contributed by atoms with Gasteiger partial charge in [-0.1, -0.05) is 40.9 Å². The Morgan fingerprint density at radius 2 is 1.28 bits per heavy atom. The van der Waals surface area contributed by atoms with Crippen molar-refractivity contribution in [3.8, 4) is 0 Å². The first-order valence-electron chi connectivity index (χ1n) is 9.83. The number of hydrogen-bond acceptors (Lipinski definition) is 3. The van der Waals surface area contributed by atoms with Crippen LogP contribution in [0, 0.1) is 6.92 Å². The molecule has 0 heterocycles. The highest BCUT2D eigenvalue weighted by molar-refractivity contribution is 6.35. The number of anilines is 1. The fourth-order valence-electron chi connectivity index (χ4n) is 2.83. The van der Waals surface area contributed by atoms with Gasteiger partial charge >= 0.3 is 0 Å². The maximum atomic E-state index is 12.3. The minimum atomic E-state index is -0.375. The Labute approximate surface area is 195 Å². The van der Waals surface area contributed by atoms with Crippen LogP contribution in [0.15, 0.2) is 66.7 Å². The lowest BCUT2D eigenvalue weighted by Gasteiger charge is -2.09. The molecule has 0 unspecified atom stereocenters. The Morgan fingerprint density at radius 1 is 0.719 bits per heavy atom. The highest BCUT2D eigenvalue weighted by atomic mass is 35.5. The largest absolute Gasteiger partial charge is 0.350 e. The second-order valence-electron chi connectivity index (χ2n) is 7.03. The van der Waals surface area contributed by atoms with Gasteiger partial charge in [-0.15, -0.1) is 0 Å². The Hall–Kier alpha value is -3.35. The van der Waals surface area contributed by atoms with Gasteiger partial charge in [0.1, 0.15) is 0 Å². The van der Waals surface area contributed by atoms with Crippen LogP contribution in [-0.2, 0) is 0 Å². The average Bonchev–Trinajstić information content (AvgIpc) is 2.79. The lowest BCUT2D eigenvalue weighted by atomic mass is 10.1. The minimum Gasteiger partial charge on any atom is -0.350 e. The summed E-state index contributed by atoms with van der Waals surface area (Å²) in [4.78, 5) is 36.7. The summed E-state index contributed by atoms with van der Waals surface area (Å²) < 4.78 is 0. The van der Waals surface area contributed by atoms with Crippen molar-refractivity contribution in [3.05, 3.63) is 99.0 Å². The third-order valence-electron chi connectivity index (χ3n) is 4.59. The Kier molecular flexibility index (Phi) is 7.87. The summed E-state index contributed by atoms with van der Waals surface area (Å²) in [5.74, 6) is -0.894. The van der Waals surface area contributed by atoms with E-state index in [0.717, 1.165) is 5.56 Å². The molecule has 3 rings (SSSR count). The van der Waals surface area contributed by atoms with Gasteiger partial charge in [-0.05, 0) is 61.5 Å². The molecule has 0 spiro atoms. The van der Waals surface area contributed by atoms with Crippen molar-refractivity contribution in [3.63, 3.8) is 0 Å². The molecule has 0 saturated heterocycles. The van der Waals surface area contributed by atoms with Crippen molar-refractivity contribution in [2.45, 2.75) is 6.92 Å². The predicted molar refractivity (Wildman–Crippen MR) is 127 cm³/mol. The maximum absolute atomic E-state index is 12.3. The predicted octanol–water partition coefficient (Wildman–Crippen LogP) is 4.71. The number of rotatable bonds is 7. The standard InChI is InChI=1S/C24H21Cl2N3O3/c1-15-2-4-17(5-3-15)23(31)29-19-9-6-16(7-10-19)22(30)27-12-13-28-24(32)20-14-18(25)8-11-21(20)26/h2-11,14H,12-13H2,1H3,(H,27,30)(H,28,32)(H,29,31). The normalized spacial score (nSPS) is 10.3. The first-order chi connectivity index (χ1) is 15.3. The van der Waals surface area contributed by atoms with Gasteiger partial charge in [-0.3, -0.25) is 14.4 Å². The van der Waals surface area contributed by atoms with Crippen LogP contribution in [-0.4, -0.2) is 30.8 Å². The van der Waals surface area contributed by atoms with Crippen molar-refractivity contribution in [1.82, 2.24) is 10.6 Å². The molecule has 0 aliphatic heterocycles. The van der Waals surface area contributed by atoms with Crippen molar-refractivity contribution in [1.29, 1.82) is 0 Å². The van der Waals surface area contributed by atoms with Gasteiger partial charge in [0.2, 0.25) is 0 Å². The lowest BCUT2D eigenvalue weighted by Crippen LogP contribution is -2.34. The first-order valence-corrected chi connectivity index (χ1v) is 10.6. The summed E-state index contributed by atoms with van der Waals surface area (Å²) >= 11 is 11.9. The summed E-state index contributed by atoms with van der Waals surface area (Å²) in [6, 6.07) is 18.4. The lowest BCUT2D eigenvalue weighted by molar-refractivity contribution is 0.0927. The molecule has 0 saturated carbocycles. The Balaban J connectivity index is 1.46. The molecule has 164 valence electrons. The average molecular weight is 470 g/mol. The van der Waals surface area contributed by atoms with Gasteiger partial charge in [0.05, 0.1) is 10.6 Å². The zero-order valence-corrected chi connectivity index (χ0v) is 18.8. The van der Waals surface area contributed by atoms with Crippen LogP contribution in [0.25, 0.3) is 0 Å². The van der Waals surface area contributed by atoms with E-state index in [1.807, 2.05) is 19.1 Å². The molecule has 0 bridgehead atoms. The third kappa shape index (κ3) is 6.33. The third-order valence-corrected chi connectivity index (χ3v) is 5.15. The molecule has 0 radical (unpaired) electrons. The number of carbonyl (C=O) groups excluding carboxylic acids is 3. The van der Waals surface area contributed by atoms with E-state index in [0.29, 0.717) is 26.9 Å². The molecule has 3 amide bonds. The summed E-state index contributed by atoms with van der Waals surface area (Å²) in [5.41, 5.74) is 2.91. The molecule has 0 aliphatic carbocycles. The van der Waals surface area contributed by atoms with Gasteiger partial charge in [0.15, 0.2) is 0 Å². The molecule has 8 heteroatoms. The highest BCUT2D eigenvalue weighted by Gasteiger charge is 2.11. The van der Waals surface area contributed by atoms with E-state index in [-0.39, 0.29) is 36.4 Å². The van der Waals surface area contributed by atoms with E-state index in [2.05, 4.69) is 16.0 Å². The second kappa shape index (κ2) is 10.8. The fourth-order valence-corrected chi connectivity index (χ4v) is 3.21. The number of amides is 3. The van der Waals surface area contributed by atoms with Crippen molar-refractivity contribution < 1.29 is 14.4 Å². The molecule has 0 aliphatic rings. The fraction of sp³-hybridized carbons (Fsp3) is 0.125. The van der Waals surface area contributed by atoms with Crippen LogP contribution in [0.3, 0.4) is 0 Å². The van der Waals surface area contributed by atoms with E-state index in [4.69, 9.17) is 23.2 Å². The summed E-state index contributed by atoms with van der Waals surface area (Å²) in [5, 5.41) is 8.90. The zero-order valence-electron chi connectivity index (χ0n) is 17.2. The van der Waals surface area contributed by atoms with Gasteiger partial charge < -0.3 is 16.0 Å². The topological polar surface area (TPSA) is 87.3 Å². The number of halogens is 2. The second-order valence-corrected chi connectivity index (χ2v) is 7.88. The van der Waals surface area contributed by atoms with Gasteiger partial charge in [0, 0.05) is 34.9 Å². The minimum absolute atomic E-state index is 0.220. The molecule has 0 aromatic heterocycles. The van der Waals surface area contributed by atoms with E-state index in [1.54, 1.807) is 48.5 Å². The number of hydrogen-bond donors (Lipinski definition) is 3. The van der Waals surface area contributed by atoms with Crippen LogP contribution in [0.4, 0.5) is 5.69 Å². The molecule has 3 aromatic rings. The quantitative estimate of drug-likeness (QED) is 0.437. The van der Waals surface area contributed by atoms with Crippen LogP contribution < -0.4 is 16.0 Å². The van der Waals surface area contributed by atoms with Crippen LogP contribution in [0.1, 0.15) is 36.6 Å². The van der Waals surface area contributed by atoms with Crippen molar-refractivity contribution >= 4 is 46.6 Å². The molecule has 0 fully saturated rings. The number of carbonyl (C=O) groups is 3.